The highest BCUT2D eigenvalue weighted by atomic mass is 32.1. The molecule has 1 fully saturated rings. The average molecular weight is 448 g/mol. The third-order valence-electron chi connectivity index (χ3n) is 6.08. The molecule has 5 rings (SSSR count). The van der Waals surface area contributed by atoms with Gasteiger partial charge in [-0.2, -0.15) is 0 Å². The van der Waals surface area contributed by atoms with Crippen molar-refractivity contribution in [2.45, 2.75) is 12.8 Å². The van der Waals surface area contributed by atoms with Gasteiger partial charge in [0.25, 0.3) is 0 Å². The molecule has 3 heterocycles. The average Bonchev–Trinajstić information content (AvgIpc) is 3.47. The predicted octanol–water partition coefficient (Wildman–Crippen LogP) is 4.27. The fraction of sp³-hybridized carbons (Fsp3) is 0.320. The highest BCUT2D eigenvalue weighted by Gasteiger charge is 2.17. The molecule has 6 nitrogen and oxygen atoms in total. The van der Waals surface area contributed by atoms with Gasteiger partial charge in [0, 0.05) is 66.9 Å². The summed E-state index contributed by atoms with van der Waals surface area (Å²) in [4.78, 5) is 13.9. The first kappa shape index (κ1) is 21.0. The zero-order chi connectivity index (χ0) is 21.8. The van der Waals surface area contributed by atoms with Crippen LogP contribution >= 0.6 is 11.3 Å². The van der Waals surface area contributed by atoms with E-state index in [1.807, 2.05) is 12.4 Å². The number of aromatic nitrogens is 2. The molecule has 4 aromatic rings. The Morgan fingerprint density at radius 2 is 1.94 bits per heavy atom. The Bertz CT molecular complexity index is 1160. The highest BCUT2D eigenvalue weighted by Crippen LogP contribution is 2.27. The number of anilines is 3. The Kier molecular flexibility index (Phi) is 6.39. The van der Waals surface area contributed by atoms with Crippen LogP contribution in [0.15, 0.2) is 60.9 Å². The van der Waals surface area contributed by atoms with E-state index in [0.717, 1.165) is 56.4 Å². The van der Waals surface area contributed by atoms with Gasteiger partial charge >= 0.3 is 0 Å². The molecular formula is C25H29N5OS. The van der Waals surface area contributed by atoms with Gasteiger partial charge in [-0.3, -0.25) is 4.90 Å². The predicted molar refractivity (Wildman–Crippen MR) is 133 cm³/mol. The lowest BCUT2D eigenvalue weighted by atomic mass is 10.1. The van der Waals surface area contributed by atoms with E-state index >= 15 is 0 Å². The number of aromatic amines is 1. The molecule has 2 aromatic carbocycles. The molecule has 1 aliphatic heterocycles. The number of H-pyrrole nitrogens is 1. The van der Waals surface area contributed by atoms with Crippen molar-refractivity contribution in [1.82, 2.24) is 14.9 Å². The first-order valence-electron chi connectivity index (χ1n) is 11.2. The number of piperazine rings is 1. The van der Waals surface area contributed by atoms with Gasteiger partial charge in [0.1, 0.15) is 0 Å². The number of aliphatic hydroxyl groups is 1. The van der Waals surface area contributed by atoms with Crippen molar-refractivity contribution in [3.05, 3.63) is 71.4 Å². The number of aliphatic hydroxyl groups excluding tert-OH is 1. The summed E-state index contributed by atoms with van der Waals surface area (Å²) in [5, 5.41) is 14.8. The number of thiazole rings is 1. The molecule has 0 unspecified atom stereocenters. The molecule has 1 saturated heterocycles. The Labute approximate surface area is 192 Å². The molecule has 166 valence electrons. The minimum atomic E-state index is 0.233. The first-order valence-corrected chi connectivity index (χ1v) is 12.0. The second-order valence-electron chi connectivity index (χ2n) is 8.26. The van der Waals surface area contributed by atoms with Gasteiger partial charge in [0.2, 0.25) is 0 Å². The van der Waals surface area contributed by atoms with E-state index in [2.05, 4.69) is 73.6 Å². The van der Waals surface area contributed by atoms with E-state index in [4.69, 9.17) is 5.11 Å². The highest BCUT2D eigenvalue weighted by molar-refractivity contribution is 7.15. The molecule has 0 saturated carbocycles. The minimum absolute atomic E-state index is 0.233. The largest absolute Gasteiger partial charge is 0.395 e. The first-order chi connectivity index (χ1) is 15.8. The quantitative estimate of drug-likeness (QED) is 0.376. The van der Waals surface area contributed by atoms with Crippen molar-refractivity contribution in [2.24, 2.45) is 0 Å². The number of nitrogens with one attached hydrogen (secondary N) is 2. The van der Waals surface area contributed by atoms with Gasteiger partial charge in [0.15, 0.2) is 5.13 Å². The number of nitrogens with zero attached hydrogens (tertiary/aromatic N) is 3. The molecule has 0 atom stereocenters. The standard InChI is InChI=1S/C25H29N5OS/c31-15-14-29-10-12-30(13-11-29)22-3-1-2-21(17-22)28-25-27-18-23(32-25)6-4-19-5-7-24-20(16-19)8-9-26-24/h1-3,5,7-9,16-18,26,31H,4,6,10-15H2,(H,27,28). The van der Waals surface area contributed by atoms with Gasteiger partial charge < -0.3 is 20.3 Å². The second-order valence-corrected chi connectivity index (χ2v) is 9.37. The number of rotatable bonds is 8. The lowest BCUT2D eigenvalue weighted by Crippen LogP contribution is -2.47. The second kappa shape index (κ2) is 9.73. The normalized spacial score (nSPS) is 14.8. The van der Waals surface area contributed by atoms with Crippen molar-refractivity contribution in [2.75, 3.05) is 49.5 Å². The van der Waals surface area contributed by atoms with E-state index in [0.29, 0.717) is 0 Å². The Hall–Kier alpha value is -2.87. The molecule has 0 amide bonds. The third-order valence-corrected chi connectivity index (χ3v) is 7.05. The van der Waals surface area contributed by atoms with Crippen molar-refractivity contribution in [3.63, 3.8) is 0 Å². The van der Waals surface area contributed by atoms with Crippen LogP contribution in [0, 0.1) is 0 Å². The van der Waals surface area contributed by atoms with Crippen LogP contribution in [0.5, 0.6) is 0 Å². The Morgan fingerprint density at radius 1 is 1.03 bits per heavy atom. The van der Waals surface area contributed by atoms with Gasteiger partial charge in [-0.1, -0.05) is 12.1 Å². The molecular weight excluding hydrogens is 418 g/mol. The maximum absolute atomic E-state index is 9.13. The monoisotopic (exact) mass is 447 g/mol. The SMILES string of the molecule is OCCN1CCN(c2cccc(Nc3ncc(CCc4ccc5[nH]ccc5c4)s3)c2)CC1. The molecule has 32 heavy (non-hydrogen) atoms. The Balaban J connectivity index is 1.18. The van der Waals surface area contributed by atoms with Gasteiger partial charge in [-0.15, -0.1) is 11.3 Å². The summed E-state index contributed by atoms with van der Waals surface area (Å²) in [6.45, 7) is 4.95. The summed E-state index contributed by atoms with van der Waals surface area (Å²) in [7, 11) is 0. The number of fused-ring (bicyclic) bond motifs is 1. The lowest BCUT2D eigenvalue weighted by Gasteiger charge is -2.35. The van der Waals surface area contributed by atoms with Crippen molar-refractivity contribution >= 4 is 38.7 Å². The van der Waals surface area contributed by atoms with E-state index in [1.165, 1.54) is 27.0 Å². The number of β-amino-alcohol motifs (C(OH)–C–C–N with tert-alkyl or cyclic N) is 1. The third kappa shape index (κ3) is 4.96. The van der Waals surface area contributed by atoms with Crippen LogP contribution in [0.2, 0.25) is 0 Å². The molecule has 2 aromatic heterocycles. The van der Waals surface area contributed by atoms with Crippen molar-refractivity contribution < 1.29 is 5.11 Å². The topological polar surface area (TPSA) is 67.4 Å². The van der Waals surface area contributed by atoms with Crippen molar-refractivity contribution in [3.8, 4) is 0 Å². The lowest BCUT2D eigenvalue weighted by molar-refractivity contribution is 0.189. The number of hydrogen-bond acceptors (Lipinski definition) is 6. The number of aryl methyl sites for hydroxylation is 2. The molecule has 0 bridgehead atoms. The van der Waals surface area contributed by atoms with E-state index in [9.17, 15) is 0 Å². The molecule has 0 aliphatic carbocycles. The van der Waals surface area contributed by atoms with E-state index in [-0.39, 0.29) is 6.61 Å². The zero-order valence-corrected chi connectivity index (χ0v) is 18.9. The summed E-state index contributed by atoms with van der Waals surface area (Å²) < 4.78 is 0. The molecule has 7 heteroatoms. The van der Waals surface area contributed by atoms with Crippen LogP contribution in [-0.2, 0) is 12.8 Å². The summed E-state index contributed by atoms with van der Waals surface area (Å²) in [5.74, 6) is 0. The van der Waals surface area contributed by atoms with Gasteiger partial charge in [0.05, 0.1) is 6.61 Å². The molecule has 3 N–H and O–H groups in total. The van der Waals surface area contributed by atoms with Crippen LogP contribution in [0.25, 0.3) is 10.9 Å². The smallest absolute Gasteiger partial charge is 0.187 e. The van der Waals surface area contributed by atoms with Crippen LogP contribution in [0.4, 0.5) is 16.5 Å². The van der Waals surface area contributed by atoms with Crippen molar-refractivity contribution in [1.29, 1.82) is 0 Å². The maximum atomic E-state index is 9.13. The van der Waals surface area contributed by atoms with Crippen LogP contribution in [0.3, 0.4) is 0 Å². The van der Waals surface area contributed by atoms with Crippen LogP contribution < -0.4 is 10.2 Å². The zero-order valence-electron chi connectivity index (χ0n) is 18.1. The fourth-order valence-electron chi connectivity index (χ4n) is 4.28. The van der Waals surface area contributed by atoms with Crippen LogP contribution in [-0.4, -0.2) is 59.3 Å². The summed E-state index contributed by atoms with van der Waals surface area (Å²) in [5.41, 5.74) is 4.84. The van der Waals surface area contributed by atoms with Crippen LogP contribution in [0.1, 0.15) is 10.4 Å². The molecule has 0 radical (unpaired) electrons. The fourth-order valence-corrected chi connectivity index (χ4v) is 5.11. The maximum Gasteiger partial charge on any atom is 0.187 e. The number of benzene rings is 2. The summed E-state index contributed by atoms with van der Waals surface area (Å²) >= 11 is 1.73. The molecule has 1 aliphatic rings. The summed E-state index contributed by atoms with van der Waals surface area (Å²) in [6.07, 6.45) is 5.99. The van der Waals surface area contributed by atoms with E-state index < -0.39 is 0 Å². The summed E-state index contributed by atoms with van der Waals surface area (Å²) in [6, 6.07) is 17.3. The minimum Gasteiger partial charge on any atom is -0.395 e. The Morgan fingerprint density at radius 3 is 2.81 bits per heavy atom. The van der Waals surface area contributed by atoms with E-state index in [1.54, 1.807) is 11.3 Å². The number of hydrogen-bond donors (Lipinski definition) is 3. The van der Waals surface area contributed by atoms with Gasteiger partial charge in [-0.25, -0.2) is 4.98 Å². The van der Waals surface area contributed by atoms with Gasteiger partial charge in [-0.05, 0) is 60.2 Å². The molecule has 0 spiro atoms.